The second-order valence-corrected chi connectivity index (χ2v) is 8.09. The van der Waals surface area contributed by atoms with Crippen molar-refractivity contribution < 1.29 is 36.6 Å². The number of carbonyl (C=O) groups excluding carboxylic acids is 1. The average Bonchev–Trinajstić information content (AvgIpc) is 3.52. The molecule has 0 aliphatic carbocycles. The van der Waals surface area contributed by atoms with Crippen molar-refractivity contribution in [3.8, 4) is 17.2 Å². The summed E-state index contributed by atoms with van der Waals surface area (Å²) in [5.41, 5.74) is 2.32. The summed E-state index contributed by atoms with van der Waals surface area (Å²) in [6, 6.07) is 9.85. The molecule has 11 heteroatoms. The molecule has 1 unspecified atom stereocenters. The van der Waals surface area contributed by atoms with Crippen molar-refractivity contribution in [2.45, 2.75) is 39.1 Å². The van der Waals surface area contributed by atoms with Gasteiger partial charge in [-0.15, -0.1) is 0 Å². The van der Waals surface area contributed by atoms with Crippen LogP contribution in [0.4, 0.5) is 13.2 Å². The molecule has 190 valence electrons. The number of hydrogen-bond donors (Lipinski definition) is 0. The molecule has 3 aromatic rings. The maximum absolute atomic E-state index is 12.5. The standard InChI is InChI=1S/C25H24F3N3O5/c1-15-19(29-9-8-21(15)36-14-25(26,27)28)13-35-23-7-6-17(11-24(23)33-3)20-12-18(22-5-4-10-34-22)30-31(20)16(2)32/h4-11,20H,12-14H2,1-3H3. The van der Waals surface area contributed by atoms with Crippen LogP contribution in [0, 0.1) is 6.92 Å². The van der Waals surface area contributed by atoms with Crippen LogP contribution < -0.4 is 14.2 Å². The van der Waals surface area contributed by atoms with Gasteiger partial charge in [0.1, 0.15) is 23.8 Å². The first-order valence-electron chi connectivity index (χ1n) is 11.0. The lowest BCUT2D eigenvalue weighted by Gasteiger charge is -2.22. The third-order valence-corrected chi connectivity index (χ3v) is 5.63. The smallest absolute Gasteiger partial charge is 0.422 e. The molecule has 1 amide bonds. The van der Waals surface area contributed by atoms with Crippen LogP contribution >= 0.6 is 0 Å². The number of aromatic nitrogens is 1. The Morgan fingerprint density at radius 1 is 1.17 bits per heavy atom. The monoisotopic (exact) mass is 503 g/mol. The van der Waals surface area contributed by atoms with Crippen molar-refractivity contribution >= 4 is 11.6 Å². The molecule has 1 aliphatic rings. The molecule has 0 N–H and O–H groups in total. The van der Waals surface area contributed by atoms with E-state index in [-0.39, 0.29) is 24.3 Å². The van der Waals surface area contributed by atoms with Crippen molar-refractivity contribution in [3.63, 3.8) is 0 Å². The van der Waals surface area contributed by atoms with E-state index in [0.717, 1.165) is 5.56 Å². The molecule has 1 atom stereocenters. The summed E-state index contributed by atoms with van der Waals surface area (Å²) in [6.07, 6.45) is -1.06. The summed E-state index contributed by atoms with van der Waals surface area (Å²) in [4.78, 5) is 16.4. The van der Waals surface area contributed by atoms with Crippen LogP contribution in [0.25, 0.3) is 0 Å². The van der Waals surface area contributed by atoms with E-state index in [4.69, 9.17) is 18.6 Å². The van der Waals surface area contributed by atoms with E-state index in [1.165, 1.54) is 31.3 Å². The number of furan rings is 1. The molecule has 4 rings (SSSR count). The molecule has 1 aliphatic heterocycles. The van der Waals surface area contributed by atoms with Crippen LogP contribution in [-0.2, 0) is 11.4 Å². The first-order chi connectivity index (χ1) is 17.2. The lowest BCUT2D eigenvalue weighted by molar-refractivity contribution is -0.153. The van der Waals surface area contributed by atoms with E-state index in [1.807, 2.05) is 6.07 Å². The first kappa shape index (κ1) is 25.1. The molecule has 1 aromatic carbocycles. The predicted octanol–water partition coefficient (Wildman–Crippen LogP) is 5.21. The number of hydrogen-bond acceptors (Lipinski definition) is 7. The molecule has 0 bridgehead atoms. The fourth-order valence-electron chi connectivity index (χ4n) is 3.83. The van der Waals surface area contributed by atoms with Crippen LogP contribution in [-0.4, -0.2) is 41.5 Å². The van der Waals surface area contributed by atoms with Crippen molar-refractivity contribution in [3.05, 3.63) is 71.4 Å². The molecule has 0 spiro atoms. The maximum Gasteiger partial charge on any atom is 0.422 e. The first-order valence-corrected chi connectivity index (χ1v) is 11.0. The summed E-state index contributed by atoms with van der Waals surface area (Å²) in [5, 5.41) is 5.84. The van der Waals surface area contributed by atoms with Crippen molar-refractivity contribution in [1.29, 1.82) is 0 Å². The van der Waals surface area contributed by atoms with E-state index in [1.54, 1.807) is 37.5 Å². The summed E-state index contributed by atoms with van der Waals surface area (Å²) < 4.78 is 59.3. The number of carbonyl (C=O) groups is 1. The Morgan fingerprint density at radius 2 is 1.97 bits per heavy atom. The zero-order valence-electron chi connectivity index (χ0n) is 19.8. The molecule has 8 nitrogen and oxygen atoms in total. The molecule has 0 fully saturated rings. The van der Waals surface area contributed by atoms with Gasteiger partial charge in [0, 0.05) is 25.1 Å². The third kappa shape index (κ3) is 5.61. The minimum atomic E-state index is -4.44. The van der Waals surface area contributed by atoms with Gasteiger partial charge in [0.15, 0.2) is 18.1 Å². The van der Waals surface area contributed by atoms with E-state index in [2.05, 4.69) is 10.1 Å². The van der Waals surface area contributed by atoms with Gasteiger partial charge in [-0.3, -0.25) is 9.78 Å². The summed E-state index contributed by atoms with van der Waals surface area (Å²) in [6.45, 7) is 1.65. The van der Waals surface area contributed by atoms with Crippen LogP contribution in [0.2, 0.25) is 0 Å². The molecule has 0 saturated heterocycles. The van der Waals surface area contributed by atoms with Gasteiger partial charge < -0.3 is 18.6 Å². The van der Waals surface area contributed by atoms with Gasteiger partial charge in [-0.1, -0.05) is 6.07 Å². The summed E-state index contributed by atoms with van der Waals surface area (Å²) >= 11 is 0. The van der Waals surface area contributed by atoms with Gasteiger partial charge in [0.05, 0.1) is 25.1 Å². The molecule has 2 aromatic heterocycles. The SMILES string of the molecule is COc1cc(C2CC(c3ccco3)=NN2C(C)=O)ccc1OCc1nccc(OCC(F)(F)F)c1C. The van der Waals surface area contributed by atoms with Gasteiger partial charge in [-0.25, -0.2) is 5.01 Å². The zero-order valence-corrected chi connectivity index (χ0v) is 19.8. The quantitative estimate of drug-likeness (QED) is 0.420. The topological polar surface area (TPSA) is 86.4 Å². The number of pyridine rings is 1. The minimum absolute atomic E-state index is 0.0144. The Hall–Kier alpha value is -4.02. The van der Waals surface area contributed by atoms with Gasteiger partial charge in [-0.2, -0.15) is 18.3 Å². The molecule has 0 saturated carbocycles. The Kier molecular flexibility index (Phi) is 7.18. The highest BCUT2D eigenvalue weighted by atomic mass is 19.4. The average molecular weight is 503 g/mol. The number of benzene rings is 1. The number of halogens is 3. The Bertz CT molecular complexity index is 1260. The summed E-state index contributed by atoms with van der Waals surface area (Å²) in [5.74, 6) is 1.30. The highest BCUT2D eigenvalue weighted by Crippen LogP contribution is 2.38. The fraction of sp³-hybridized carbons (Fsp3) is 0.320. The second kappa shape index (κ2) is 10.3. The Balaban J connectivity index is 1.50. The molecule has 3 heterocycles. The molecular weight excluding hydrogens is 479 g/mol. The largest absolute Gasteiger partial charge is 0.493 e. The van der Waals surface area contributed by atoms with Crippen LogP contribution in [0.3, 0.4) is 0 Å². The number of methoxy groups -OCH3 is 1. The van der Waals surface area contributed by atoms with Gasteiger partial charge in [0.2, 0.25) is 5.91 Å². The number of amides is 1. The van der Waals surface area contributed by atoms with E-state index >= 15 is 0 Å². The van der Waals surface area contributed by atoms with Gasteiger partial charge in [0.25, 0.3) is 0 Å². The molecular formula is C25H24F3N3O5. The van der Waals surface area contributed by atoms with E-state index in [9.17, 15) is 18.0 Å². The van der Waals surface area contributed by atoms with Gasteiger partial charge >= 0.3 is 6.18 Å². The second-order valence-electron chi connectivity index (χ2n) is 8.09. The van der Waals surface area contributed by atoms with Crippen LogP contribution in [0.5, 0.6) is 17.2 Å². The molecule has 36 heavy (non-hydrogen) atoms. The molecule has 0 radical (unpaired) electrons. The minimum Gasteiger partial charge on any atom is -0.493 e. The Labute approximate surface area is 205 Å². The number of alkyl halides is 3. The number of ether oxygens (including phenoxy) is 3. The number of rotatable bonds is 8. The summed E-state index contributed by atoms with van der Waals surface area (Å²) in [7, 11) is 1.49. The Morgan fingerprint density at radius 3 is 2.64 bits per heavy atom. The van der Waals surface area contributed by atoms with E-state index < -0.39 is 12.8 Å². The lowest BCUT2D eigenvalue weighted by atomic mass is 10.0. The van der Waals surface area contributed by atoms with Crippen molar-refractivity contribution in [1.82, 2.24) is 9.99 Å². The van der Waals surface area contributed by atoms with Gasteiger partial charge in [-0.05, 0) is 42.8 Å². The van der Waals surface area contributed by atoms with Crippen molar-refractivity contribution in [2.24, 2.45) is 5.10 Å². The zero-order chi connectivity index (χ0) is 25.9. The van der Waals surface area contributed by atoms with Crippen LogP contribution in [0.1, 0.15) is 42.0 Å². The third-order valence-electron chi connectivity index (χ3n) is 5.63. The highest BCUT2D eigenvalue weighted by molar-refractivity contribution is 6.01. The lowest BCUT2D eigenvalue weighted by Crippen LogP contribution is -2.24. The van der Waals surface area contributed by atoms with Crippen LogP contribution in [0.15, 0.2) is 58.4 Å². The fourth-order valence-corrected chi connectivity index (χ4v) is 3.83. The number of nitrogens with zero attached hydrogens (tertiary/aromatic N) is 3. The van der Waals surface area contributed by atoms with Crippen molar-refractivity contribution in [2.75, 3.05) is 13.7 Å². The highest BCUT2D eigenvalue weighted by Gasteiger charge is 2.33. The normalized spacial score (nSPS) is 15.6. The maximum atomic E-state index is 12.5. The number of hydrazone groups is 1. The van der Waals surface area contributed by atoms with E-state index in [0.29, 0.717) is 40.6 Å². The predicted molar refractivity (Wildman–Crippen MR) is 123 cm³/mol.